The number of halogens is 1. The summed E-state index contributed by atoms with van der Waals surface area (Å²) >= 11 is 0. The minimum Gasteiger partial charge on any atom is -0.398 e. The lowest BCUT2D eigenvalue weighted by Crippen LogP contribution is -2.23. The van der Waals surface area contributed by atoms with Crippen molar-refractivity contribution in [1.29, 1.82) is 0 Å². The van der Waals surface area contributed by atoms with E-state index >= 15 is 0 Å². The number of amides is 1. The first-order chi connectivity index (χ1) is 10.0. The number of hydrogen-bond donors (Lipinski definition) is 3. The van der Waals surface area contributed by atoms with E-state index in [4.69, 9.17) is 10.8 Å². The lowest BCUT2D eigenvalue weighted by atomic mass is 10.1. The fourth-order valence-corrected chi connectivity index (χ4v) is 1.95. The van der Waals surface area contributed by atoms with Gasteiger partial charge in [-0.3, -0.25) is 4.79 Å². The van der Waals surface area contributed by atoms with Gasteiger partial charge in [-0.25, -0.2) is 4.39 Å². The van der Waals surface area contributed by atoms with E-state index in [2.05, 4.69) is 5.32 Å². The van der Waals surface area contributed by atoms with Crippen LogP contribution < -0.4 is 11.1 Å². The average molecular weight is 288 g/mol. The molecule has 4 nitrogen and oxygen atoms in total. The van der Waals surface area contributed by atoms with E-state index in [0.29, 0.717) is 12.1 Å². The highest BCUT2D eigenvalue weighted by Gasteiger charge is 2.11. The first-order valence-electron chi connectivity index (χ1n) is 6.53. The maximum absolute atomic E-state index is 13.6. The van der Waals surface area contributed by atoms with Crippen molar-refractivity contribution in [3.63, 3.8) is 0 Å². The van der Waals surface area contributed by atoms with Crippen LogP contribution in [0, 0.1) is 12.7 Å². The summed E-state index contributed by atoms with van der Waals surface area (Å²) in [5, 5.41) is 11.8. The Balaban J connectivity index is 2.08. The summed E-state index contributed by atoms with van der Waals surface area (Å²) in [6.07, 6.45) is 0. The molecule has 4 N–H and O–H groups in total. The fourth-order valence-electron chi connectivity index (χ4n) is 1.95. The third-order valence-corrected chi connectivity index (χ3v) is 3.27. The molecule has 0 aromatic heterocycles. The van der Waals surface area contributed by atoms with Crippen LogP contribution in [0.4, 0.5) is 10.1 Å². The van der Waals surface area contributed by atoms with Crippen LogP contribution >= 0.6 is 0 Å². The average Bonchev–Trinajstić information content (AvgIpc) is 2.50. The van der Waals surface area contributed by atoms with E-state index < -0.39 is 11.7 Å². The normalized spacial score (nSPS) is 10.4. The minimum absolute atomic E-state index is 0.0541. The summed E-state index contributed by atoms with van der Waals surface area (Å²) in [6.45, 7) is 1.80. The van der Waals surface area contributed by atoms with Gasteiger partial charge in [-0.1, -0.05) is 24.3 Å². The Hall–Kier alpha value is -2.40. The molecule has 0 heterocycles. The molecule has 2 rings (SSSR count). The molecule has 0 radical (unpaired) electrons. The second-order valence-corrected chi connectivity index (χ2v) is 4.83. The van der Waals surface area contributed by atoms with Crippen LogP contribution in [0.5, 0.6) is 0 Å². The van der Waals surface area contributed by atoms with Crippen molar-refractivity contribution in [1.82, 2.24) is 5.32 Å². The van der Waals surface area contributed by atoms with Gasteiger partial charge in [0.1, 0.15) is 5.82 Å². The first kappa shape index (κ1) is 15.0. The van der Waals surface area contributed by atoms with Crippen LogP contribution in [-0.4, -0.2) is 11.0 Å². The van der Waals surface area contributed by atoms with Gasteiger partial charge in [0.15, 0.2) is 0 Å². The van der Waals surface area contributed by atoms with Crippen LogP contribution in [0.2, 0.25) is 0 Å². The number of carbonyl (C=O) groups excluding carboxylic acids is 1. The smallest absolute Gasteiger partial charge is 0.251 e. The minimum atomic E-state index is -0.498. The van der Waals surface area contributed by atoms with Gasteiger partial charge in [0, 0.05) is 23.4 Å². The number of nitrogens with one attached hydrogen (secondary N) is 1. The molecule has 0 saturated carbocycles. The number of nitrogens with two attached hydrogens (primary N) is 1. The summed E-state index contributed by atoms with van der Waals surface area (Å²) in [7, 11) is 0. The predicted molar refractivity (Wildman–Crippen MR) is 79.1 cm³/mol. The third kappa shape index (κ3) is 3.58. The number of carbonyl (C=O) groups is 1. The Bertz CT molecular complexity index is 648. The van der Waals surface area contributed by atoms with E-state index in [-0.39, 0.29) is 17.9 Å². The zero-order valence-electron chi connectivity index (χ0n) is 11.7. The number of hydrogen-bond acceptors (Lipinski definition) is 3. The van der Waals surface area contributed by atoms with E-state index in [0.717, 1.165) is 11.1 Å². The Labute approximate surface area is 122 Å². The molecule has 21 heavy (non-hydrogen) atoms. The SMILES string of the molecule is Cc1c(N)cc(C(=O)NCc2cccc(CO)c2)cc1F. The fraction of sp³-hybridized carbons (Fsp3) is 0.188. The molecular formula is C16H17FN2O2. The van der Waals surface area contributed by atoms with Gasteiger partial charge in [0.05, 0.1) is 6.61 Å². The summed E-state index contributed by atoms with van der Waals surface area (Å²) in [5.74, 6) is -0.891. The number of anilines is 1. The van der Waals surface area contributed by atoms with Crippen molar-refractivity contribution in [3.05, 3.63) is 64.5 Å². The summed E-state index contributed by atoms with van der Waals surface area (Å²) < 4.78 is 13.6. The highest BCUT2D eigenvalue weighted by molar-refractivity contribution is 5.95. The van der Waals surface area contributed by atoms with Crippen molar-refractivity contribution in [2.24, 2.45) is 0 Å². The second-order valence-electron chi connectivity index (χ2n) is 4.83. The number of benzene rings is 2. The standard InChI is InChI=1S/C16H17FN2O2/c1-10-14(17)6-13(7-15(10)18)16(21)19-8-11-3-2-4-12(5-11)9-20/h2-7,20H,8-9,18H2,1H3,(H,19,21). The third-order valence-electron chi connectivity index (χ3n) is 3.27. The van der Waals surface area contributed by atoms with Crippen molar-refractivity contribution < 1.29 is 14.3 Å². The molecule has 0 aliphatic heterocycles. The first-order valence-corrected chi connectivity index (χ1v) is 6.53. The number of rotatable bonds is 4. The molecule has 0 aliphatic rings. The molecule has 0 unspecified atom stereocenters. The van der Waals surface area contributed by atoms with Gasteiger partial charge in [0.2, 0.25) is 0 Å². The van der Waals surface area contributed by atoms with E-state index in [1.807, 2.05) is 6.07 Å². The highest BCUT2D eigenvalue weighted by Crippen LogP contribution is 2.17. The number of nitrogen functional groups attached to an aromatic ring is 1. The van der Waals surface area contributed by atoms with Crippen LogP contribution in [0.15, 0.2) is 36.4 Å². The number of aliphatic hydroxyl groups excluding tert-OH is 1. The maximum atomic E-state index is 13.6. The van der Waals surface area contributed by atoms with Crippen molar-refractivity contribution in [3.8, 4) is 0 Å². The van der Waals surface area contributed by atoms with Crippen molar-refractivity contribution >= 4 is 11.6 Å². The molecule has 5 heteroatoms. The largest absolute Gasteiger partial charge is 0.398 e. The molecule has 0 fully saturated rings. The van der Waals surface area contributed by atoms with Crippen LogP contribution in [0.3, 0.4) is 0 Å². The second kappa shape index (κ2) is 6.37. The molecule has 0 bridgehead atoms. The van der Waals surface area contributed by atoms with Crippen LogP contribution in [-0.2, 0) is 13.2 Å². The molecule has 0 saturated heterocycles. The quantitative estimate of drug-likeness (QED) is 0.754. The van der Waals surface area contributed by atoms with Gasteiger partial charge < -0.3 is 16.2 Å². The molecule has 1 amide bonds. The Morgan fingerprint density at radius 1 is 1.29 bits per heavy atom. The monoisotopic (exact) mass is 288 g/mol. The lowest BCUT2D eigenvalue weighted by molar-refractivity contribution is 0.0950. The summed E-state index contributed by atoms with van der Waals surface area (Å²) in [5.41, 5.74) is 8.06. The lowest BCUT2D eigenvalue weighted by Gasteiger charge is -2.09. The zero-order chi connectivity index (χ0) is 15.4. The van der Waals surface area contributed by atoms with Gasteiger partial charge in [0.25, 0.3) is 5.91 Å². The van der Waals surface area contributed by atoms with Crippen LogP contribution in [0.1, 0.15) is 27.0 Å². The zero-order valence-corrected chi connectivity index (χ0v) is 11.7. The molecule has 0 spiro atoms. The van der Waals surface area contributed by atoms with Gasteiger partial charge >= 0.3 is 0 Å². The highest BCUT2D eigenvalue weighted by atomic mass is 19.1. The summed E-state index contributed by atoms with van der Waals surface area (Å²) in [6, 6.07) is 9.86. The Morgan fingerprint density at radius 3 is 2.67 bits per heavy atom. The van der Waals surface area contributed by atoms with E-state index in [1.54, 1.807) is 25.1 Å². The molecular weight excluding hydrogens is 271 g/mol. The predicted octanol–water partition coefficient (Wildman–Crippen LogP) is 2.14. The Kier molecular flexibility index (Phi) is 4.55. The molecule has 0 atom stereocenters. The molecule has 2 aromatic rings. The van der Waals surface area contributed by atoms with Gasteiger partial charge in [-0.05, 0) is 30.2 Å². The van der Waals surface area contributed by atoms with Gasteiger partial charge in [-0.15, -0.1) is 0 Å². The maximum Gasteiger partial charge on any atom is 0.251 e. The van der Waals surface area contributed by atoms with E-state index in [1.165, 1.54) is 12.1 Å². The van der Waals surface area contributed by atoms with E-state index in [9.17, 15) is 9.18 Å². The van der Waals surface area contributed by atoms with Gasteiger partial charge in [-0.2, -0.15) is 0 Å². The molecule has 2 aromatic carbocycles. The molecule has 110 valence electrons. The van der Waals surface area contributed by atoms with Crippen molar-refractivity contribution in [2.75, 3.05) is 5.73 Å². The van der Waals surface area contributed by atoms with Crippen LogP contribution in [0.25, 0.3) is 0 Å². The van der Waals surface area contributed by atoms with Crippen molar-refractivity contribution in [2.45, 2.75) is 20.1 Å². The molecule has 0 aliphatic carbocycles. The number of aliphatic hydroxyl groups is 1. The topological polar surface area (TPSA) is 75.4 Å². The summed E-state index contributed by atoms with van der Waals surface area (Å²) in [4.78, 5) is 12.0. The Morgan fingerprint density at radius 2 is 2.00 bits per heavy atom.